The first kappa shape index (κ1) is 12.7. The van der Waals surface area contributed by atoms with Crippen molar-refractivity contribution in [2.75, 3.05) is 0 Å². The van der Waals surface area contributed by atoms with E-state index < -0.39 is 0 Å². The zero-order chi connectivity index (χ0) is 13.4. The minimum Gasteiger partial charge on any atom is -0.243 e. The molecule has 0 fully saturated rings. The molecule has 0 atom stereocenters. The van der Waals surface area contributed by atoms with Gasteiger partial charge in [0.1, 0.15) is 11.5 Å². The summed E-state index contributed by atoms with van der Waals surface area (Å²) in [4.78, 5) is 8.10. The summed E-state index contributed by atoms with van der Waals surface area (Å²) in [5, 5.41) is 6.55. The summed E-state index contributed by atoms with van der Waals surface area (Å²) < 4.78 is 1.72. The Morgan fingerprint density at radius 1 is 1.11 bits per heavy atom. The van der Waals surface area contributed by atoms with Crippen molar-refractivity contribution >= 4 is 45.8 Å². The second-order valence-electron chi connectivity index (χ2n) is 3.94. The molecule has 0 aliphatic rings. The van der Waals surface area contributed by atoms with E-state index in [1.165, 1.54) is 6.33 Å². The van der Waals surface area contributed by atoms with Gasteiger partial charge in [-0.15, -0.1) is 0 Å². The van der Waals surface area contributed by atoms with E-state index in [9.17, 15) is 0 Å². The zero-order valence-corrected chi connectivity index (χ0v) is 11.8. The van der Waals surface area contributed by atoms with Crippen LogP contribution in [0.2, 0.25) is 15.2 Å². The Morgan fingerprint density at radius 2 is 1.95 bits per heavy atom. The molecule has 0 saturated heterocycles. The van der Waals surface area contributed by atoms with Crippen LogP contribution in [0, 0.1) is 0 Å². The highest BCUT2D eigenvalue weighted by atomic mass is 35.5. The molecule has 0 saturated carbocycles. The smallest absolute Gasteiger partial charge is 0.162 e. The lowest BCUT2D eigenvalue weighted by Crippen LogP contribution is -2.03. The molecule has 19 heavy (non-hydrogen) atoms. The van der Waals surface area contributed by atoms with E-state index >= 15 is 0 Å². The summed E-state index contributed by atoms with van der Waals surface area (Å²) in [5.41, 5.74) is 1.58. The standard InChI is InChI=1S/C12H7Cl3N4/c13-8-2-1-7(10(14)3-8)5-19-12-9(4-18-19)11(15)16-6-17-12/h1-4,6H,5H2. The molecule has 0 spiro atoms. The Balaban J connectivity index is 2.04. The molecule has 0 aliphatic heterocycles. The highest BCUT2D eigenvalue weighted by Crippen LogP contribution is 2.24. The van der Waals surface area contributed by atoms with Crippen LogP contribution in [-0.4, -0.2) is 19.7 Å². The van der Waals surface area contributed by atoms with Crippen molar-refractivity contribution in [3.05, 3.63) is 51.5 Å². The second-order valence-corrected chi connectivity index (χ2v) is 5.14. The summed E-state index contributed by atoms with van der Waals surface area (Å²) in [6.45, 7) is 0.493. The summed E-state index contributed by atoms with van der Waals surface area (Å²) in [6.07, 6.45) is 3.05. The number of aromatic nitrogens is 4. The van der Waals surface area contributed by atoms with E-state index in [4.69, 9.17) is 34.8 Å². The van der Waals surface area contributed by atoms with Crippen molar-refractivity contribution in [3.8, 4) is 0 Å². The van der Waals surface area contributed by atoms with Gasteiger partial charge in [-0.1, -0.05) is 40.9 Å². The molecule has 2 heterocycles. The number of fused-ring (bicyclic) bond motifs is 1. The second kappa shape index (κ2) is 4.96. The third kappa shape index (κ3) is 2.39. The highest BCUT2D eigenvalue weighted by molar-refractivity contribution is 6.35. The van der Waals surface area contributed by atoms with Gasteiger partial charge in [-0.2, -0.15) is 5.10 Å². The average Bonchev–Trinajstić information content (AvgIpc) is 2.78. The van der Waals surface area contributed by atoms with Crippen LogP contribution < -0.4 is 0 Å². The first-order valence-corrected chi connectivity index (χ1v) is 6.54. The number of halogens is 3. The molecule has 0 amide bonds. The van der Waals surface area contributed by atoms with Crippen LogP contribution in [0.5, 0.6) is 0 Å². The van der Waals surface area contributed by atoms with E-state index in [0.29, 0.717) is 32.8 Å². The maximum Gasteiger partial charge on any atom is 0.162 e. The minimum atomic E-state index is 0.387. The normalized spacial score (nSPS) is 11.1. The fraction of sp³-hybridized carbons (Fsp3) is 0.0833. The largest absolute Gasteiger partial charge is 0.243 e. The van der Waals surface area contributed by atoms with Gasteiger partial charge in [0.15, 0.2) is 5.65 Å². The molecule has 1 aromatic carbocycles. The monoisotopic (exact) mass is 312 g/mol. The van der Waals surface area contributed by atoms with Crippen LogP contribution >= 0.6 is 34.8 Å². The van der Waals surface area contributed by atoms with Crippen LogP contribution in [0.4, 0.5) is 0 Å². The predicted molar refractivity (Wildman–Crippen MR) is 75.9 cm³/mol. The van der Waals surface area contributed by atoms with Gasteiger partial charge in [-0.25, -0.2) is 14.6 Å². The maximum absolute atomic E-state index is 6.14. The van der Waals surface area contributed by atoms with Crippen molar-refractivity contribution in [1.29, 1.82) is 0 Å². The lowest BCUT2D eigenvalue weighted by molar-refractivity contribution is 0.704. The lowest BCUT2D eigenvalue weighted by atomic mass is 10.2. The van der Waals surface area contributed by atoms with Crippen molar-refractivity contribution in [2.45, 2.75) is 6.54 Å². The predicted octanol–water partition coefficient (Wildman–Crippen LogP) is 3.83. The Morgan fingerprint density at radius 3 is 2.74 bits per heavy atom. The third-order valence-electron chi connectivity index (χ3n) is 2.72. The van der Waals surface area contributed by atoms with Crippen LogP contribution in [0.1, 0.15) is 5.56 Å². The number of hydrogen-bond donors (Lipinski definition) is 0. The van der Waals surface area contributed by atoms with E-state index in [-0.39, 0.29) is 0 Å². The van der Waals surface area contributed by atoms with Gasteiger partial charge in [-0.3, -0.25) is 0 Å². The first-order valence-electron chi connectivity index (χ1n) is 5.41. The molecule has 4 nitrogen and oxygen atoms in total. The summed E-state index contributed by atoms with van der Waals surface area (Å²) >= 11 is 18.0. The van der Waals surface area contributed by atoms with Crippen LogP contribution in [0.25, 0.3) is 11.0 Å². The fourth-order valence-corrected chi connectivity index (χ4v) is 2.44. The maximum atomic E-state index is 6.14. The minimum absolute atomic E-state index is 0.387. The highest BCUT2D eigenvalue weighted by Gasteiger charge is 2.10. The molecule has 0 radical (unpaired) electrons. The van der Waals surface area contributed by atoms with Crippen LogP contribution in [0.15, 0.2) is 30.7 Å². The Hall–Kier alpha value is -1.36. The summed E-state index contributed by atoms with van der Waals surface area (Å²) in [6, 6.07) is 5.35. The van der Waals surface area contributed by atoms with Crippen molar-refractivity contribution in [3.63, 3.8) is 0 Å². The molecular weight excluding hydrogens is 307 g/mol. The molecule has 0 bridgehead atoms. The van der Waals surface area contributed by atoms with Crippen LogP contribution in [-0.2, 0) is 6.54 Å². The summed E-state index contributed by atoms with van der Waals surface area (Å²) in [5.74, 6) is 0. The Bertz CT molecular complexity index is 754. The zero-order valence-electron chi connectivity index (χ0n) is 9.52. The molecule has 2 aromatic heterocycles. The SMILES string of the molecule is Clc1ccc(Cn2ncc3c(Cl)ncnc32)c(Cl)c1. The van der Waals surface area contributed by atoms with Gasteiger partial charge in [0, 0.05) is 10.0 Å². The summed E-state index contributed by atoms with van der Waals surface area (Å²) in [7, 11) is 0. The van der Waals surface area contributed by atoms with Gasteiger partial charge in [-0.05, 0) is 17.7 Å². The number of nitrogens with zero attached hydrogens (tertiary/aromatic N) is 4. The first-order chi connectivity index (χ1) is 9.15. The van der Waals surface area contributed by atoms with Crippen molar-refractivity contribution < 1.29 is 0 Å². The Kier molecular flexibility index (Phi) is 3.31. The number of benzene rings is 1. The molecule has 0 unspecified atom stereocenters. The molecule has 0 aliphatic carbocycles. The number of rotatable bonds is 2. The molecule has 96 valence electrons. The van der Waals surface area contributed by atoms with Gasteiger partial charge in [0.05, 0.1) is 18.1 Å². The lowest BCUT2D eigenvalue weighted by Gasteiger charge is -2.06. The van der Waals surface area contributed by atoms with Crippen molar-refractivity contribution in [1.82, 2.24) is 19.7 Å². The van der Waals surface area contributed by atoms with E-state index in [2.05, 4.69) is 15.1 Å². The van der Waals surface area contributed by atoms with E-state index in [1.807, 2.05) is 6.07 Å². The molecular formula is C12H7Cl3N4. The topological polar surface area (TPSA) is 43.6 Å². The quantitative estimate of drug-likeness (QED) is 0.675. The van der Waals surface area contributed by atoms with Gasteiger partial charge < -0.3 is 0 Å². The van der Waals surface area contributed by atoms with Crippen molar-refractivity contribution in [2.24, 2.45) is 0 Å². The Labute approximate surface area is 123 Å². The molecule has 0 N–H and O–H groups in total. The average molecular weight is 314 g/mol. The third-order valence-corrected chi connectivity index (χ3v) is 3.61. The van der Waals surface area contributed by atoms with Gasteiger partial charge in [0.25, 0.3) is 0 Å². The van der Waals surface area contributed by atoms with E-state index in [1.54, 1.807) is 23.0 Å². The molecule has 3 aromatic rings. The fourth-order valence-electron chi connectivity index (χ4n) is 1.79. The molecule has 3 rings (SSSR count). The van der Waals surface area contributed by atoms with Crippen LogP contribution in [0.3, 0.4) is 0 Å². The van der Waals surface area contributed by atoms with Gasteiger partial charge >= 0.3 is 0 Å². The van der Waals surface area contributed by atoms with E-state index in [0.717, 1.165) is 5.56 Å². The van der Waals surface area contributed by atoms with Gasteiger partial charge in [0.2, 0.25) is 0 Å². The number of hydrogen-bond acceptors (Lipinski definition) is 3. The molecule has 7 heteroatoms.